The average molecular weight is 402 g/mol. The highest BCUT2D eigenvalue weighted by molar-refractivity contribution is 6.25. The molecule has 9 nitrogen and oxygen atoms in total. The van der Waals surface area contributed by atoms with Crippen molar-refractivity contribution in [3.63, 3.8) is 0 Å². The van der Waals surface area contributed by atoms with Gasteiger partial charge in [0.15, 0.2) is 12.1 Å². The van der Waals surface area contributed by atoms with Crippen LogP contribution >= 0.6 is 0 Å². The van der Waals surface area contributed by atoms with Gasteiger partial charge in [-0.3, -0.25) is 14.6 Å². The molecule has 5 rings (SSSR count). The largest absolute Gasteiger partial charge is 0.337 e. The van der Waals surface area contributed by atoms with Crippen molar-refractivity contribution < 1.29 is 14.1 Å². The summed E-state index contributed by atoms with van der Waals surface area (Å²) < 4.78 is 5.32. The number of carbonyl (C=O) groups excluding carboxylic acids is 2. The average Bonchev–Trinajstić information content (AvgIpc) is 3.44. The first-order chi connectivity index (χ1) is 14.5. The number of carbonyl (C=O) groups is 2. The first-order valence-electron chi connectivity index (χ1n) is 9.53. The summed E-state index contributed by atoms with van der Waals surface area (Å²) in [5.74, 6) is -0.00161. The summed E-state index contributed by atoms with van der Waals surface area (Å²) in [6, 6.07) is 13.2. The predicted octanol–water partition coefficient (Wildman–Crippen LogP) is 2.85. The zero-order chi connectivity index (χ0) is 20.8. The Morgan fingerprint density at radius 3 is 2.57 bits per heavy atom. The smallest absolute Gasteiger partial charge is 0.263 e. The number of amides is 2. The molecule has 2 amide bonds. The lowest BCUT2D eigenvalue weighted by Crippen LogP contribution is -2.39. The van der Waals surface area contributed by atoms with E-state index in [9.17, 15) is 9.59 Å². The van der Waals surface area contributed by atoms with E-state index in [-0.39, 0.29) is 18.4 Å². The highest BCUT2D eigenvalue weighted by atomic mass is 16.5. The molecule has 0 radical (unpaired) electrons. The van der Waals surface area contributed by atoms with Gasteiger partial charge in [0.1, 0.15) is 6.54 Å². The molecule has 0 N–H and O–H groups in total. The third kappa shape index (κ3) is 2.86. The number of benzene rings is 2. The van der Waals surface area contributed by atoms with Gasteiger partial charge in [-0.15, -0.1) is 0 Å². The molecule has 2 aliphatic heterocycles. The number of aromatic nitrogens is 2. The Bertz CT molecular complexity index is 1170. The van der Waals surface area contributed by atoms with Crippen molar-refractivity contribution in [3.05, 3.63) is 65.5 Å². The first-order valence-corrected chi connectivity index (χ1v) is 9.53. The van der Waals surface area contributed by atoms with Crippen LogP contribution in [0, 0.1) is 13.8 Å². The van der Waals surface area contributed by atoms with Crippen LogP contribution < -0.4 is 4.90 Å². The SMILES string of the molecule is Cc1ccc(N2C(=O)[C@@H]3[C@@H](N=NN3Cc3nc(-c4ccccc4)no3)C2=O)cc1C. The minimum atomic E-state index is -0.865. The molecule has 2 atom stereocenters. The fourth-order valence-electron chi connectivity index (χ4n) is 3.64. The minimum absolute atomic E-state index is 0.0876. The monoisotopic (exact) mass is 402 g/mol. The Morgan fingerprint density at radius 1 is 1.00 bits per heavy atom. The lowest BCUT2D eigenvalue weighted by molar-refractivity contribution is -0.123. The zero-order valence-electron chi connectivity index (χ0n) is 16.4. The standard InChI is InChI=1S/C21H18N6O3/c1-12-8-9-15(10-13(12)2)27-20(28)17-18(21(27)29)26(25-23-17)11-16-22-19(24-30-16)14-6-4-3-5-7-14/h3-10,17-18H,11H2,1-2H3/t17-,18+/m1/s1. The Morgan fingerprint density at radius 2 is 1.80 bits per heavy atom. The van der Waals surface area contributed by atoms with Gasteiger partial charge in [-0.2, -0.15) is 10.1 Å². The highest BCUT2D eigenvalue weighted by Crippen LogP contribution is 2.33. The van der Waals surface area contributed by atoms with Crippen LogP contribution in [0.15, 0.2) is 63.4 Å². The number of hydrogen-bond acceptors (Lipinski definition) is 8. The number of hydrogen-bond donors (Lipinski definition) is 0. The van der Waals surface area contributed by atoms with Gasteiger partial charge < -0.3 is 4.52 Å². The molecule has 0 saturated carbocycles. The van der Waals surface area contributed by atoms with Gasteiger partial charge in [0.2, 0.25) is 11.7 Å². The molecule has 2 aromatic carbocycles. The molecular formula is C21H18N6O3. The van der Waals surface area contributed by atoms with E-state index >= 15 is 0 Å². The molecule has 1 saturated heterocycles. The van der Waals surface area contributed by atoms with Crippen LogP contribution in [0.25, 0.3) is 11.4 Å². The van der Waals surface area contributed by atoms with E-state index in [1.54, 1.807) is 6.07 Å². The fraction of sp³-hybridized carbons (Fsp3) is 0.238. The lowest BCUT2D eigenvalue weighted by atomic mass is 10.1. The van der Waals surface area contributed by atoms with Crippen molar-refractivity contribution in [2.75, 3.05) is 4.90 Å². The summed E-state index contributed by atoms with van der Waals surface area (Å²) in [7, 11) is 0. The molecule has 3 aromatic rings. The summed E-state index contributed by atoms with van der Waals surface area (Å²) >= 11 is 0. The minimum Gasteiger partial charge on any atom is -0.337 e. The molecule has 30 heavy (non-hydrogen) atoms. The molecule has 3 heterocycles. The van der Waals surface area contributed by atoms with Gasteiger partial charge in [0, 0.05) is 5.56 Å². The number of aryl methyl sites for hydroxylation is 2. The van der Waals surface area contributed by atoms with E-state index in [0.717, 1.165) is 16.7 Å². The Labute approximate surface area is 172 Å². The van der Waals surface area contributed by atoms with E-state index in [2.05, 4.69) is 20.5 Å². The molecule has 1 aromatic heterocycles. The summed E-state index contributed by atoms with van der Waals surface area (Å²) in [5, 5.41) is 13.5. The molecule has 2 aliphatic rings. The maximum Gasteiger partial charge on any atom is 0.263 e. The Hall–Kier alpha value is -3.88. The second-order valence-electron chi connectivity index (χ2n) is 7.35. The van der Waals surface area contributed by atoms with Crippen molar-refractivity contribution in [2.24, 2.45) is 10.3 Å². The van der Waals surface area contributed by atoms with Crippen LogP contribution in [0.5, 0.6) is 0 Å². The maximum absolute atomic E-state index is 13.1. The number of anilines is 1. The van der Waals surface area contributed by atoms with Gasteiger partial charge in [0.05, 0.1) is 5.69 Å². The number of nitrogens with zero attached hydrogens (tertiary/aromatic N) is 6. The highest BCUT2D eigenvalue weighted by Gasteiger charge is 2.55. The molecule has 0 unspecified atom stereocenters. The van der Waals surface area contributed by atoms with Gasteiger partial charge in [-0.25, -0.2) is 4.90 Å². The van der Waals surface area contributed by atoms with Crippen LogP contribution in [0.1, 0.15) is 17.0 Å². The number of imide groups is 1. The Kier molecular flexibility index (Phi) is 4.16. The predicted molar refractivity (Wildman–Crippen MR) is 106 cm³/mol. The van der Waals surface area contributed by atoms with Gasteiger partial charge in [-0.05, 0) is 37.1 Å². The van der Waals surface area contributed by atoms with Crippen LogP contribution in [0.3, 0.4) is 0 Å². The molecule has 0 bridgehead atoms. The molecule has 0 spiro atoms. The summed E-state index contributed by atoms with van der Waals surface area (Å²) in [6.07, 6.45) is 0. The summed E-state index contributed by atoms with van der Waals surface area (Å²) in [6.45, 7) is 4.01. The molecular weight excluding hydrogens is 384 g/mol. The molecule has 1 fully saturated rings. The number of fused-ring (bicyclic) bond motifs is 1. The van der Waals surface area contributed by atoms with Crippen LogP contribution in [-0.4, -0.2) is 39.0 Å². The second-order valence-corrected chi connectivity index (χ2v) is 7.35. The Balaban J connectivity index is 1.38. The van der Waals surface area contributed by atoms with E-state index in [0.29, 0.717) is 17.4 Å². The fourth-order valence-corrected chi connectivity index (χ4v) is 3.64. The van der Waals surface area contributed by atoms with Crippen molar-refractivity contribution in [3.8, 4) is 11.4 Å². The summed E-state index contributed by atoms with van der Waals surface area (Å²) in [4.78, 5) is 31.5. The van der Waals surface area contributed by atoms with Crippen LogP contribution in [0.2, 0.25) is 0 Å². The third-order valence-electron chi connectivity index (χ3n) is 5.40. The molecule has 150 valence electrons. The van der Waals surface area contributed by atoms with Gasteiger partial charge >= 0.3 is 0 Å². The molecule has 0 aliphatic carbocycles. The van der Waals surface area contributed by atoms with Gasteiger partial charge in [-0.1, -0.05) is 46.8 Å². The van der Waals surface area contributed by atoms with Crippen molar-refractivity contribution in [1.82, 2.24) is 15.1 Å². The summed E-state index contributed by atoms with van der Waals surface area (Å²) in [5.41, 5.74) is 3.45. The van der Waals surface area contributed by atoms with Gasteiger partial charge in [0.25, 0.3) is 11.8 Å². The zero-order valence-corrected chi connectivity index (χ0v) is 16.4. The van der Waals surface area contributed by atoms with Crippen molar-refractivity contribution in [1.29, 1.82) is 0 Å². The van der Waals surface area contributed by atoms with E-state index < -0.39 is 12.1 Å². The maximum atomic E-state index is 13.1. The lowest BCUT2D eigenvalue weighted by Gasteiger charge is -2.19. The third-order valence-corrected chi connectivity index (χ3v) is 5.40. The van der Waals surface area contributed by atoms with Crippen LogP contribution in [0.4, 0.5) is 5.69 Å². The second kappa shape index (κ2) is 6.87. The first kappa shape index (κ1) is 18.2. The topological polar surface area (TPSA) is 104 Å². The number of rotatable bonds is 4. The van der Waals surface area contributed by atoms with E-state index in [1.165, 1.54) is 9.91 Å². The van der Waals surface area contributed by atoms with E-state index in [4.69, 9.17) is 4.52 Å². The normalized spacial score (nSPS) is 20.3. The van der Waals surface area contributed by atoms with Crippen molar-refractivity contribution >= 4 is 17.5 Å². The van der Waals surface area contributed by atoms with Crippen LogP contribution in [-0.2, 0) is 16.1 Å². The molecule has 9 heteroatoms. The van der Waals surface area contributed by atoms with Crippen molar-refractivity contribution in [2.45, 2.75) is 32.5 Å². The quantitative estimate of drug-likeness (QED) is 0.622. The van der Waals surface area contributed by atoms with E-state index in [1.807, 2.05) is 56.3 Å².